The van der Waals surface area contributed by atoms with Crippen LogP contribution in [0.15, 0.2) is 60.2 Å². The molecular formula is C23H24FN3O3. The molecule has 0 aromatic heterocycles. The number of benzene rings is 2. The first-order valence-electron chi connectivity index (χ1n) is 9.74. The summed E-state index contributed by atoms with van der Waals surface area (Å²) in [6.07, 6.45) is 1.32. The number of hydrogen-bond acceptors (Lipinski definition) is 4. The van der Waals surface area contributed by atoms with Gasteiger partial charge in [0.2, 0.25) is 5.91 Å². The fourth-order valence-electron chi connectivity index (χ4n) is 3.24. The van der Waals surface area contributed by atoms with Crippen molar-refractivity contribution in [1.29, 1.82) is 0 Å². The molecule has 1 aliphatic heterocycles. The molecular weight excluding hydrogens is 385 g/mol. The predicted octanol–water partition coefficient (Wildman–Crippen LogP) is 3.26. The minimum absolute atomic E-state index is 0.0513. The molecule has 0 atom stereocenters. The molecule has 0 aliphatic carbocycles. The summed E-state index contributed by atoms with van der Waals surface area (Å²) in [4.78, 5) is 39.8. The van der Waals surface area contributed by atoms with E-state index in [4.69, 9.17) is 0 Å². The maximum absolute atomic E-state index is 13.9. The van der Waals surface area contributed by atoms with Gasteiger partial charge in [0, 0.05) is 49.1 Å². The van der Waals surface area contributed by atoms with E-state index in [0.717, 1.165) is 0 Å². The Balaban J connectivity index is 1.56. The second-order valence-electron chi connectivity index (χ2n) is 7.18. The SMILES string of the molecule is CC(=O)c1ccc(NC(=O)/C(C)=C\C(=O)N2CCN(c3ccccc3F)CC2)cc1. The normalized spacial score (nSPS) is 14.4. The largest absolute Gasteiger partial charge is 0.366 e. The van der Waals surface area contributed by atoms with E-state index < -0.39 is 0 Å². The van der Waals surface area contributed by atoms with Crippen LogP contribution in [0.1, 0.15) is 24.2 Å². The van der Waals surface area contributed by atoms with Crippen molar-refractivity contribution < 1.29 is 18.8 Å². The number of ketones is 1. The number of amides is 2. The van der Waals surface area contributed by atoms with Gasteiger partial charge in [-0.05, 0) is 50.2 Å². The number of para-hydroxylation sites is 1. The summed E-state index contributed by atoms with van der Waals surface area (Å²) in [6, 6.07) is 13.1. The second-order valence-corrected chi connectivity index (χ2v) is 7.18. The zero-order valence-electron chi connectivity index (χ0n) is 17.0. The quantitative estimate of drug-likeness (QED) is 0.608. The van der Waals surface area contributed by atoms with Gasteiger partial charge in [0.05, 0.1) is 5.69 Å². The molecule has 2 aromatic carbocycles. The van der Waals surface area contributed by atoms with Crippen molar-refractivity contribution in [3.63, 3.8) is 0 Å². The number of Topliss-reactive ketones (excluding diaryl/α,β-unsaturated/α-hetero) is 1. The molecule has 0 radical (unpaired) electrons. The third kappa shape index (κ3) is 5.11. The van der Waals surface area contributed by atoms with Crippen LogP contribution in [-0.2, 0) is 9.59 Å². The fraction of sp³-hybridized carbons (Fsp3) is 0.261. The first kappa shape index (κ1) is 21.2. The summed E-state index contributed by atoms with van der Waals surface area (Å²) in [6.45, 7) is 4.99. The number of carbonyl (C=O) groups excluding carboxylic acids is 3. The van der Waals surface area contributed by atoms with Crippen molar-refractivity contribution >= 4 is 29.0 Å². The molecule has 1 N–H and O–H groups in total. The number of nitrogens with zero attached hydrogens (tertiary/aromatic N) is 2. The number of anilines is 2. The lowest BCUT2D eigenvalue weighted by molar-refractivity contribution is -0.126. The Hall–Kier alpha value is -3.48. The van der Waals surface area contributed by atoms with Crippen molar-refractivity contribution in [3.05, 3.63) is 71.6 Å². The van der Waals surface area contributed by atoms with Gasteiger partial charge in [-0.25, -0.2) is 4.39 Å². The lowest BCUT2D eigenvalue weighted by Gasteiger charge is -2.35. The predicted molar refractivity (Wildman–Crippen MR) is 114 cm³/mol. The highest BCUT2D eigenvalue weighted by atomic mass is 19.1. The van der Waals surface area contributed by atoms with Crippen LogP contribution in [-0.4, -0.2) is 48.7 Å². The van der Waals surface area contributed by atoms with Gasteiger partial charge in [-0.2, -0.15) is 0 Å². The maximum Gasteiger partial charge on any atom is 0.251 e. The zero-order chi connectivity index (χ0) is 21.7. The number of carbonyl (C=O) groups is 3. The van der Waals surface area contributed by atoms with Gasteiger partial charge in [0.1, 0.15) is 5.82 Å². The molecule has 1 saturated heterocycles. The maximum atomic E-state index is 13.9. The highest BCUT2D eigenvalue weighted by Crippen LogP contribution is 2.20. The average molecular weight is 409 g/mol. The molecule has 30 heavy (non-hydrogen) atoms. The molecule has 1 aliphatic rings. The van der Waals surface area contributed by atoms with Gasteiger partial charge >= 0.3 is 0 Å². The number of nitrogens with one attached hydrogen (secondary N) is 1. The van der Waals surface area contributed by atoms with Crippen LogP contribution < -0.4 is 10.2 Å². The number of piperazine rings is 1. The lowest BCUT2D eigenvalue weighted by Crippen LogP contribution is -2.48. The zero-order valence-corrected chi connectivity index (χ0v) is 17.0. The van der Waals surface area contributed by atoms with Crippen LogP contribution in [0.3, 0.4) is 0 Å². The summed E-state index contributed by atoms with van der Waals surface area (Å²) in [7, 11) is 0. The van der Waals surface area contributed by atoms with Crippen molar-refractivity contribution in [2.24, 2.45) is 0 Å². The minimum atomic E-state index is -0.385. The first-order chi connectivity index (χ1) is 14.3. The van der Waals surface area contributed by atoms with Gasteiger partial charge in [-0.15, -0.1) is 0 Å². The van der Waals surface area contributed by atoms with E-state index in [1.807, 2.05) is 4.90 Å². The smallest absolute Gasteiger partial charge is 0.251 e. The van der Waals surface area contributed by atoms with Crippen molar-refractivity contribution in [2.45, 2.75) is 13.8 Å². The topological polar surface area (TPSA) is 69.7 Å². The van der Waals surface area contributed by atoms with E-state index in [1.54, 1.807) is 54.3 Å². The molecule has 156 valence electrons. The third-order valence-corrected chi connectivity index (χ3v) is 5.03. The molecule has 1 fully saturated rings. The lowest BCUT2D eigenvalue weighted by atomic mass is 10.1. The summed E-state index contributed by atoms with van der Waals surface area (Å²) in [5.74, 6) is -0.961. The van der Waals surface area contributed by atoms with E-state index in [9.17, 15) is 18.8 Å². The van der Waals surface area contributed by atoms with E-state index >= 15 is 0 Å². The Kier molecular flexibility index (Phi) is 6.61. The monoisotopic (exact) mass is 409 g/mol. The Morgan fingerprint density at radius 2 is 1.57 bits per heavy atom. The second kappa shape index (κ2) is 9.35. The summed E-state index contributed by atoms with van der Waals surface area (Å²) >= 11 is 0. The van der Waals surface area contributed by atoms with Gasteiger partial charge in [0.25, 0.3) is 5.91 Å². The minimum Gasteiger partial charge on any atom is -0.366 e. The van der Waals surface area contributed by atoms with Crippen LogP contribution >= 0.6 is 0 Å². The Bertz CT molecular complexity index is 977. The average Bonchev–Trinajstić information content (AvgIpc) is 2.74. The van der Waals surface area contributed by atoms with Crippen LogP contribution in [0, 0.1) is 5.82 Å². The van der Waals surface area contributed by atoms with E-state index in [0.29, 0.717) is 43.1 Å². The standard InChI is InChI=1S/C23H24FN3O3/c1-16(23(30)25-19-9-7-18(8-10-19)17(2)28)15-22(29)27-13-11-26(12-14-27)21-6-4-3-5-20(21)24/h3-10,15H,11-14H2,1-2H3,(H,25,30)/b16-15-. The Labute approximate surface area is 175 Å². The summed E-state index contributed by atoms with van der Waals surface area (Å²) in [5.41, 5.74) is 1.92. The molecule has 0 saturated carbocycles. The van der Waals surface area contributed by atoms with Crippen molar-refractivity contribution in [2.75, 3.05) is 36.4 Å². The number of hydrogen-bond donors (Lipinski definition) is 1. The third-order valence-electron chi connectivity index (χ3n) is 5.03. The summed E-state index contributed by atoms with van der Waals surface area (Å²) < 4.78 is 13.9. The molecule has 2 aromatic rings. The van der Waals surface area contributed by atoms with E-state index in [-0.39, 0.29) is 29.0 Å². The Morgan fingerprint density at radius 1 is 0.933 bits per heavy atom. The molecule has 7 heteroatoms. The van der Waals surface area contributed by atoms with E-state index in [2.05, 4.69) is 5.32 Å². The highest BCUT2D eigenvalue weighted by molar-refractivity contribution is 6.07. The van der Waals surface area contributed by atoms with Gasteiger partial charge in [-0.1, -0.05) is 12.1 Å². The molecule has 1 heterocycles. The molecule has 0 bridgehead atoms. The number of halogens is 1. The van der Waals surface area contributed by atoms with Crippen LogP contribution in [0.2, 0.25) is 0 Å². The Morgan fingerprint density at radius 3 is 2.17 bits per heavy atom. The van der Waals surface area contributed by atoms with Crippen molar-refractivity contribution in [1.82, 2.24) is 4.90 Å². The van der Waals surface area contributed by atoms with Crippen molar-refractivity contribution in [3.8, 4) is 0 Å². The van der Waals surface area contributed by atoms with Gasteiger partial charge < -0.3 is 15.1 Å². The fourth-order valence-corrected chi connectivity index (χ4v) is 3.24. The molecule has 6 nitrogen and oxygen atoms in total. The molecule has 2 amide bonds. The molecule has 0 spiro atoms. The number of rotatable bonds is 5. The summed E-state index contributed by atoms with van der Waals surface area (Å²) in [5, 5.41) is 2.71. The highest BCUT2D eigenvalue weighted by Gasteiger charge is 2.22. The van der Waals surface area contributed by atoms with Crippen LogP contribution in [0.4, 0.5) is 15.8 Å². The molecule has 0 unspecified atom stereocenters. The molecule has 3 rings (SSSR count). The van der Waals surface area contributed by atoms with E-state index in [1.165, 1.54) is 19.1 Å². The van der Waals surface area contributed by atoms with Crippen LogP contribution in [0.5, 0.6) is 0 Å². The van der Waals surface area contributed by atoms with Gasteiger partial charge in [-0.3, -0.25) is 14.4 Å². The van der Waals surface area contributed by atoms with Crippen LogP contribution in [0.25, 0.3) is 0 Å². The first-order valence-corrected chi connectivity index (χ1v) is 9.74. The van der Waals surface area contributed by atoms with Gasteiger partial charge in [0.15, 0.2) is 5.78 Å².